The summed E-state index contributed by atoms with van der Waals surface area (Å²) in [5.41, 5.74) is 13.7. The van der Waals surface area contributed by atoms with E-state index in [0.29, 0.717) is 11.5 Å². The molecule has 0 aromatic heterocycles. The maximum Gasteiger partial charge on any atom is 0.269 e. The second-order valence-electron chi connectivity index (χ2n) is 4.30. The smallest absolute Gasteiger partial charge is 0.269 e. The number of non-ortho nitro benzene ring substituents is 1. The maximum absolute atomic E-state index is 10.5. The van der Waals surface area contributed by atoms with E-state index >= 15 is 0 Å². The first-order valence-electron chi connectivity index (χ1n) is 6.16. The lowest BCUT2D eigenvalue weighted by Crippen LogP contribution is -2.12. The van der Waals surface area contributed by atoms with E-state index in [4.69, 9.17) is 11.5 Å². The van der Waals surface area contributed by atoms with Crippen LogP contribution in [0.1, 0.15) is 11.1 Å². The molecule has 2 aromatic rings. The van der Waals surface area contributed by atoms with Crippen LogP contribution >= 0.6 is 24.8 Å². The lowest BCUT2D eigenvalue weighted by molar-refractivity contribution is -0.384. The maximum atomic E-state index is 10.5. The molecule has 2 aromatic carbocycles. The van der Waals surface area contributed by atoms with Crippen molar-refractivity contribution in [1.82, 2.24) is 0 Å². The van der Waals surface area contributed by atoms with Gasteiger partial charge in [0.15, 0.2) is 0 Å². The Morgan fingerprint density at radius 3 is 2.29 bits per heavy atom. The Balaban J connectivity index is 0. The van der Waals surface area contributed by atoms with Gasteiger partial charge in [-0.25, -0.2) is 4.99 Å². The summed E-state index contributed by atoms with van der Waals surface area (Å²) in [4.78, 5) is 14.2. The highest BCUT2D eigenvalue weighted by atomic mass is 35.5. The molecular formula is C15H18Cl2N4O3. The van der Waals surface area contributed by atoms with Crippen molar-refractivity contribution in [3.63, 3.8) is 0 Å². The molecule has 0 heterocycles. The van der Waals surface area contributed by atoms with Crippen LogP contribution in [-0.4, -0.2) is 16.2 Å². The van der Waals surface area contributed by atoms with Crippen LogP contribution in [-0.2, 0) is 0 Å². The fraction of sp³-hybridized carbons (Fsp3) is 0. The molecule has 0 bridgehead atoms. The van der Waals surface area contributed by atoms with E-state index in [1.54, 1.807) is 42.6 Å². The predicted octanol–water partition coefficient (Wildman–Crippen LogP) is 2.57. The number of halogens is 2. The van der Waals surface area contributed by atoms with Crippen molar-refractivity contribution in [3.8, 4) is 0 Å². The Kier molecular flexibility index (Phi) is 10.8. The van der Waals surface area contributed by atoms with Gasteiger partial charge in [-0.3, -0.25) is 10.1 Å². The van der Waals surface area contributed by atoms with Gasteiger partial charge in [0.25, 0.3) is 5.69 Å². The Bertz CT molecular complexity index is 719. The minimum absolute atomic E-state index is 0. The number of nitrogens with zero attached hydrogens (tertiary/aromatic N) is 2. The van der Waals surface area contributed by atoms with Crippen LogP contribution in [0.3, 0.4) is 0 Å². The molecule has 0 unspecified atom stereocenters. The topological polar surface area (TPSA) is 139 Å². The molecule has 0 aliphatic heterocycles. The van der Waals surface area contributed by atoms with Gasteiger partial charge < -0.3 is 16.9 Å². The first-order chi connectivity index (χ1) is 10.1. The van der Waals surface area contributed by atoms with E-state index in [0.717, 1.165) is 11.1 Å². The van der Waals surface area contributed by atoms with Crippen molar-refractivity contribution in [2.45, 2.75) is 0 Å². The summed E-state index contributed by atoms with van der Waals surface area (Å²) in [5, 5.41) is 10.5. The van der Waals surface area contributed by atoms with Crippen LogP contribution in [0, 0.1) is 10.1 Å². The normalized spacial score (nSPS) is 10.2. The largest absolute Gasteiger partial charge is 0.412 e. The van der Waals surface area contributed by atoms with Crippen molar-refractivity contribution in [1.29, 1.82) is 0 Å². The molecule has 24 heavy (non-hydrogen) atoms. The third-order valence-corrected chi connectivity index (χ3v) is 2.77. The molecule has 130 valence electrons. The number of anilines is 1. The third kappa shape index (κ3) is 6.66. The molecule has 0 atom stereocenters. The second kappa shape index (κ2) is 11.0. The third-order valence-electron chi connectivity index (χ3n) is 2.77. The zero-order chi connectivity index (χ0) is 15.2. The molecule has 0 spiro atoms. The Morgan fingerprint density at radius 2 is 1.75 bits per heavy atom. The van der Waals surface area contributed by atoms with Crippen LogP contribution < -0.4 is 11.5 Å². The molecule has 0 saturated heterocycles. The van der Waals surface area contributed by atoms with E-state index in [-0.39, 0.29) is 36.0 Å². The van der Waals surface area contributed by atoms with Gasteiger partial charge in [-0.15, -0.1) is 24.8 Å². The standard InChI is InChI=1S/C15H14N4O2.2ClH.H2O/c16-13-3-1-2-12(10-13)15(17)18-9-8-11-4-6-14(7-5-11)19(20)21;;;/h1-10H,16H2,(H2,17,18);2*1H;1H2/b9-8+;;;. The van der Waals surface area contributed by atoms with Gasteiger partial charge in [-0.05, 0) is 35.9 Å². The summed E-state index contributed by atoms with van der Waals surface area (Å²) in [6, 6.07) is 13.3. The second-order valence-corrected chi connectivity index (χ2v) is 4.30. The number of nitro benzene ring substituents is 1. The van der Waals surface area contributed by atoms with E-state index in [1.807, 2.05) is 6.07 Å². The number of hydrogen-bond donors (Lipinski definition) is 2. The van der Waals surface area contributed by atoms with Gasteiger partial charge >= 0.3 is 0 Å². The fourth-order valence-electron chi connectivity index (χ4n) is 1.68. The molecule has 2 rings (SSSR count). The van der Waals surface area contributed by atoms with Crippen LogP contribution in [0.5, 0.6) is 0 Å². The lowest BCUT2D eigenvalue weighted by atomic mass is 10.2. The van der Waals surface area contributed by atoms with Gasteiger partial charge in [-0.1, -0.05) is 12.1 Å². The van der Waals surface area contributed by atoms with Crippen LogP contribution in [0.25, 0.3) is 6.08 Å². The molecule has 0 radical (unpaired) electrons. The zero-order valence-electron chi connectivity index (χ0n) is 12.5. The number of nitrogen functional groups attached to an aromatic ring is 1. The molecular weight excluding hydrogens is 355 g/mol. The zero-order valence-corrected chi connectivity index (χ0v) is 14.1. The highest BCUT2D eigenvalue weighted by Gasteiger charge is 2.02. The number of rotatable bonds is 4. The minimum Gasteiger partial charge on any atom is -0.412 e. The highest BCUT2D eigenvalue weighted by Crippen LogP contribution is 2.13. The summed E-state index contributed by atoms with van der Waals surface area (Å²) in [6.07, 6.45) is 3.25. The van der Waals surface area contributed by atoms with Crippen molar-refractivity contribution >= 4 is 48.1 Å². The quantitative estimate of drug-likeness (QED) is 0.279. The van der Waals surface area contributed by atoms with E-state index in [9.17, 15) is 10.1 Å². The molecule has 6 N–H and O–H groups in total. The number of benzene rings is 2. The Hall–Kier alpha value is -2.61. The Morgan fingerprint density at radius 1 is 1.12 bits per heavy atom. The number of amidine groups is 1. The van der Waals surface area contributed by atoms with Crippen molar-refractivity contribution < 1.29 is 10.4 Å². The van der Waals surface area contributed by atoms with E-state index < -0.39 is 4.92 Å². The van der Waals surface area contributed by atoms with Crippen LogP contribution in [0.4, 0.5) is 11.4 Å². The van der Waals surface area contributed by atoms with Crippen LogP contribution in [0.15, 0.2) is 59.7 Å². The van der Waals surface area contributed by atoms with E-state index in [2.05, 4.69) is 4.99 Å². The van der Waals surface area contributed by atoms with E-state index in [1.165, 1.54) is 12.1 Å². The number of hydrogen-bond acceptors (Lipinski definition) is 4. The summed E-state index contributed by atoms with van der Waals surface area (Å²) < 4.78 is 0. The summed E-state index contributed by atoms with van der Waals surface area (Å²) in [7, 11) is 0. The fourth-order valence-corrected chi connectivity index (χ4v) is 1.68. The summed E-state index contributed by atoms with van der Waals surface area (Å²) in [5.74, 6) is 0.348. The monoisotopic (exact) mass is 372 g/mol. The molecule has 0 saturated carbocycles. The Labute approximate surface area is 151 Å². The van der Waals surface area contributed by atoms with Crippen molar-refractivity contribution in [2.75, 3.05) is 5.73 Å². The van der Waals surface area contributed by atoms with Gasteiger partial charge in [0.1, 0.15) is 5.84 Å². The number of nitro groups is 1. The molecule has 9 heteroatoms. The molecule has 7 nitrogen and oxygen atoms in total. The van der Waals surface area contributed by atoms with Crippen molar-refractivity contribution in [3.05, 3.63) is 76.0 Å². The highest BCUT2D eigenvalue weighted by molar-refractivity contribution is 5.98. The SMILES string of the molecule is Cl.Cl.NC(=N/C=C/c1ccc([N+](=O)[O-])cc1)c1cccc(N)c1.O. The minimum atomic E-state index is -0.441. The lowest BCUT2D eigenvalue weighted by Gasteiger charge is -2.00. The molecule has 0 aliphatic rings. The number of nitrogens with two attached hydrogens (primary N) is 2. The van der Waals surface area contributed by atoms with Crippen LogP contribution in [0.2, 0.25) is 0 Å². The molecule has 0 aliphatic carbocycles. The first kappa shape index (κ1) is 23.7. The summed E-state index contributed by atoms with van der Waals surface area (Å²) in [6.45, 7) is 0. The van der Waals surface area contributed by atoms with Crippen molar-refractivity contribution in [2.24, 2.45) is 10.7 Å². The van der Waals surface area contributed by atoms with Gasteiger partial charge in [0.2, 0.25) is 0 Å². The molecule has 0 amide bonds. The van der Waals surface area contributed by atoms with Gasteiger partial charge in [-0.2, -0.15) is 0 Å². The average Bonchev–Trinajstić information content (AvgIpc) is 2.47. The predicted molar refractivity (Wildman–Crippen MR) is 102 cm³/mol. The molecule has 0 fully saturated rings. The van der Waals surface area contributed by atoms with Gasteiger partial charge in [0, 0.05) is 29.6 Å². The summed E-state index contributed by atoms with van der Waals surface area (Å²) >= 11 is 0. The first-order valence-corrected chi connectivity index (χ1v) is 6.16. The average molecular weight is 373 g/mol. The van der Waals surface area contributed by atoms with Gasteiger partial charge in [0.05, 0.1) is 4.92 Å². The number of aliphatic imine (C=N–C) groups is 1.